The van der Waals surface area contributed by atoms with E-state index in [-0.39, 0.29) is 6.10 Å². The van der Waals surface area contributed by atoms with Crippen molar-refractivity contribution in [2.45, 2.75) is 11.0 Å². The van der Waals surface area contributed by atoms with Gasteiger partial charge in [0.15, 0.2) is 15.6 Å². The lowest BCUT2D eigenvalue weighted by Gasteiger charge is -2.28. The molecule has 0 saturated heterocycles. The zero-order valence-electron chi connectivity index (χ0n) is 11.3. The average Bonchev–Trinajstić information content (AvgIpc) is 2.47. The van der Waals surface area contributed by atoms with Crippen molar-refractivity contribution < 1.29 is 13.2 Å². The van der Waals surface area contributed by atoms with E-state index in [2.05, 4.69) is 21.2 Å². The van der Waals surface area contributed by atoms with Crippen molar-refractivity contribution in [3.63, 3.8) is 0 Å². The minimum atomic E-state index is -3.17. The normalized spacial score (nSPS) is 17.5. The summed E-state index contributed by atoms with van der Waals surface area (Å²) >= 11 is 3.48. The molecule has 0 bridgehead atoms. The zero-order valence-corrected chi connectivity index (χ0v) is 13.7. The highest BCUT2D eigenvalue weighted by Crippen LogP contribution is 2.39. The Bertz CT molecular complexity index is 772. The largest absolute Gasteiger partial charge is 0.481 e. The molecule has 21 heavy (non-hydrogen) atoms. The smallest absolute Gasteiger partial charge is 0.175 e. The number of sulfone groups is 1. The van der Waals surface area contributed by atoms with E-state index in [0.717, 1.165) is 21.5 Å². The molecule has 2 aromatic rings. The molecule has 1 aliphatic rings. The fraction of sp³-hybridized carbons (Fsp3) is 0.200. The first-order valence-electron chi connectivity index (χ1n) is 6.44. The van der Waals surface area contributed by atoms with Crippen LogP contribution in [0.5, 0.6) is 5.75 Å². The Morgan fingerprint density at radius 3 is 2.57 bits per heavy atom. The number of halogens is 1. The summed E-state index contributed by atoms with van der Waals surface area (Å²) in [5.41, 5.74) is 1.89. The third-order valence-corrected chi connectivity index (χ3v) is 5.14. The van der Waals surface area contributed by atoms with Gasteiger partial charge in [0.25, 0.3) is 0 Å². The van der Waals surface area contributed by atoms with Crippen LogP contribution in [-0.4, -0.2) is 21.2 Å². The summed E-state index contributed by atoms with van der Waals surface area (Å²) < 4.78 is 29.9. The van der Waals surface area contributed by atoms with Crippen molar-refractivity contribution in [1.29, 1.82) is 0 Å². The molecule has 1 unspecified atom stereocenters. The fourth-order valence-electron chi connectivity index (χ4n) is 2.27. The highest BCUT2D eigenvalue weighted by Gasteiger charge is 2.22. The second-order valence-electron chi connectivity index (χ2n) is 4.95. The summed E-state index contributed by atoms with van der Waals surface area (Å²) in [5.74, 6) is 0.779. The Labute approximate surface area is 132 Å². The molecule has 1 aliphatic heterocycles. The number of hydrogen-bond acceptors (Lipinski definition) is 4. The van der Waals surface area contributed by atoms with Crippen LogP contribution in [0.3, 0.4) is 0 Å². The number of hydrogen-bond donors (Lipinski definition) is 1. The van der Waals surface area contributed by atoms with Crippen molar-refractivity contribution in [2.75, 3.05) is 18.1 Å². The van der Waals surface area contributed by atoms with Gasteiger partial charge in [-0.25, -0.2) is 8.42 Å². The van der Waals surface area contributed by atoms with E-state index in [1.165, 1.54) is 6.26 Å². The Kier molecular flexibility index (Phi) is 3.67. The van der Waals surface area contributed by atoms with Gasteiger partial charge in [-0.2, -0.15) is 0 Å². The number of anilines is 1. The van der Waals surface area contributed by atoms with Crippen LogP contribution in [0.4, 0.5) is 5.69 Å². The van der Waals surface area contributed by atoms with Gasteiger partial charge in [0.1, 0.15) is 6.10 Å². The van der Waals surface area contributed by atoms with Gasteiger partial charge in [-0.05, 0) is 45.8 Å². The van der Waals surface area contributed by atoms with Crippen LogP contribution in [0.15, 0.2) is 51.8 Å². The molecule has 1 heterocycles. The van der Waals surface area contributed by atoms with Gasteiger partial charge in [-0.3, -0.25) is 0 Å². The molecule has 0 amide bonds. The van der Waals surface area contributed by atoms with Gasteiger partial charge in [0.05, 0.1) is 21.6 Å². The lowest BCUT2D eigenvalue weighted by Crippen LogP contribution is -2.23. The maximum Gasteiger partial charge on any atom is 0.175 e. The van der Waals surface area contributed by atoms with Gasteiger partial charge < -0.3 is 10.1 Å². The molecule has 6 heteroatoms. The second-order valence-corrected chi connectivity index (χ2v) is 7.82. The molecule has 0 fully saturated rings. The molecule has 1 atom stereocenters. The van der Waals surface area contributed by atoms with E-state index in [4.69, 9.17) is 4.74 Å². The maximum atomic E-state index is 11.5. The van der Waals surface area contributed by atoms with E-state index in [1.807, 2.05) is 18.2 Å². The molecule has 0 aromatic heterocycles. The monoisotopic (exact) mass is 367 g/mol. The lowest BCUT2D eigenvalue weighted by atomic mass is 10.1. The highest BCUT2D eigenvalue weighted by molar-refractivity contribution is 9.10. The third kappa shape index (κ3) is 2.91. The molecular formula is C15H14BrNO3S. The van der Waals surface area contributed by atoms with Crippen LogP contribution >= 0.6 is 15.9 Å². The zero-order chi connectivity index (χ0) is 15.0. The number of ether oxygens (including phenoxy) is 1. The van der Waals surface area contributed by atoms with Gasteiger partial charge in [0, 0.05) is 6.26 Å². The van der Waals surface area contributed by atoms with E-state index < -0.39 is 9.84 Å². The lowest BCUT2D eigenvalue weighted by molar-refractivity contribution is 0.209. The molecule has 0 spiro atoms. The standard InChI is InChI=1S/C15H14BrNO3S/c1-21(18,19)11-7-5-10(6-8-11)14-9-17-13-4-2-3-12(16)15(13)20-14/h2-8,14,17H,9H2,1H3. The van der Waals surface area contributed by atoms with Crippen LogP contribution in [0.25, 0.3) is 0 Å². The van der Waals surface area contributed by atoms with Gasteiger partial charge in [0.2, 0.25) is 0 Å². The maximum absolute atomic E-state index is 11.5. The number of fused-ring (bicyclic) bond motifs is 1. The first-order valence-corrected chi connectivity index (χ1v) is 9.12. The number of benzene rings is 2. The Hall–Kier alpha value is -1.53. The fourth-order valence-corrected chi connectivity index (χ4v) is 3.36. The highest BCUT2D eigenvalue weighted by atomic mass is 79.9. The molecule has 4 nitrogen and oxygen atoms in total. The van der Waals surface area contributed by atoms with E-state index in [1.54, 1.807) is 24.3 Å². The van der Waals surface area contributed by atoms with Crippen molar-refractivity contribution in [2.24, 2.45) is 0 Å². The number of para-hydroxylation sites is 1. The van der Waals surface area contributed by atoms with Crippen molar-refractivity contribution in [3.05, 3.63) is 52.5 Å². The molecular weight excluding hydrogens is 354 g/mol. The number of nitrogens with one attached hydrogen (secondary N) is 1. The second kappa shape index (κ2) is 5.35. The Morgan fingerprint density at radius 1 is 1.19 bits per heavy atom. The van der Waals surface area contributed by atoms with Crippen molar-refractivity contribution >= 4 is 31.5 Å². The topological polar surface area (TPSA) is 55.4 Å². The van der Waals surface area contributed by atoms with Gasteiger partial charge >= 0.3 is 0 Å². The predicted octanol–water partition coefficient (Wildman–Crippen LogP) is 3.40. The van der Waals surface area contributed by atoms with Crippen LogP contribution < -0.4 is 10.1 Å². The molecule has 2 aromatic carbocycles. The first-order chi connectivity index (χ1) is 9.95. The van der Waals surface area contributed by atoms with Crippen LogP contribution in [0, 0.1) is 0 Å². The van der Waals surface area contributed by atoms with E-state index >= 15 is 0 Å². The summed E-state index contributed by atoms with van der Waals surface area (Å²) in [6.45, 7) is 0.641. The Balaban J connectivity index is 1.88. The van der Waals surface area contributed by atoms with E-state index in [0.29, 0.717) is 11.4 Å². The summed E-state index contributed by atoms with van der Waals surface area (Å²) in [5, 5.41) is 3.32. The van der Waals surface area contributed by atoms with Gasteiger partial charge in [-0.15, -0.1) is 0 Å². The average molecular weight is 368 g/mol. The molecule has 0 aliphatic carbocycles. The van der Waals surface area contributed by atoms with Crippen molar-refractivity contribution in [1.82, 2.24) is 0 Å². The SMILES string of the molecule is CS(=O)(=O)c1ccc(C2CNc3cccc(Br)c3O2)cc1. The summed E-state index contributed by atoms with van der Waals surface area (Å²) in [6.07, 6.45) is 1.05. The summed E-state index contributed by atoms with van der Waals surface area (Å²) in [7, 11) is -3.17. The summed E-state index contributed by atoms with van der Waals surface area (Å²) in [6, 6.07) is 12.7. The number of rotatable bonds is 2. The van der Waals surface area contributed by atoms with Crippen molar-refractivity contribution in [3.8, 4) is 5.75 Å². The van der Waals surface area contributed by atoms with Crippen LogP contribution in [-0.2, 0) is 9.84 Å². The van der Waals surface area contributed by atoms with Crippen LogP contribution in [0.1, 0.15) is 11.7 Å². The molecule has 0 radical (unpaired) electrons. The van der Waals surface area contributed by atoms with Crippen LogP contribution in [0.2, 0.25) is 0 Å². The minimum Gasteiger partial charge on any atom is -0.481 e. The van der Waals surface area contributed by atoms with E-state index in [9.17, 15) is 8.42 Å². The molecule has 1 N–H and O–H groups in total. The summed E-state index contributed by atoms with van der Waals surface area (Å²) in [4.78, 5) is 0.316. The first kappa shape index (κ1) is 14.4. The third-order valence-electron chi connectivity index (χ3n) is 3.39. The molecule has 110 valence electrons. The minimum absolute atomic E-state index is 0.148. The quantitative estimate of drug-likeness (QED) is 0.883. The molecule has 3 rings (SSSR count). The Morgan fingerprint density at radius 2 is 1.90 bits per heavy atom. The predicted molar refractivity (Wildman–Crippen MR) is 85.6 cm³/mol. The van der Waals surface area contributed by atoms with Gasteiger partial charge in [-0.1, -0.05) is 18.2 Å². The molecule has 0 saturated carbocycles.